The van der Waals surface area contributed by atoms with Crippen molar-refractivity contribution in [1.29, 1.82) is 0 Å². The predicted molar refractivity (Wildman–Crippen MR) is 154 cm³/mol. The number of amides is 2. The summed E-state index contributed by atoms with van der Waals surface area (Å²) < 4.78 is 2.08. The van der Waals surface area contributed by atoms with Crippen LogP contribution < -0.4 is 5.32 Å². The number of carbonyl (C=O) groups excluding carboxylic acids is 2. The van der Waals surface area contributed by atoms with Gasteiger partial charge in [0, 0.05) is 46.0 Å². The Bertz CT molecular complexity index is 1420. The van der Waals surface area contributed by atoms with Gasteiger partial charge in [0.05, 0.1) is 13.1 Å². The number of benzene rings is 2. The Kier molecular flexibility index (Phi) is 9.61. The van der Waals surface area contributed by atoms with Gasteiger partial charge in [0.25, 0.3) is 11.8 Å². The molecule has 4 aromatic rings. The summed E-state index contributed by atoms with van der Waals surface area (Å²) in [7, 11) is 0. The molecule has 0 bridgehead atoms. The zero-order valence-electron chi connectivity index (χ0n) is 21.4. The topological polar surface area (TPSA) is 67.2 Å². The number of aromatic nitrogens is 2. The quantitative estimate of drug-likeness (QED) is 0.220. The van der Waals surface area contributed by atoms with Gasteiger partial charge >= 0.3 is 0 Å². The molecule has 0 aliphatic rings. The lowest BCUT2D eigenvalue weighted by Crippen LogP contribution is -2.32. The van der Waals surface area contributed by atoms with Crippen molar-refractivity contribution >= 4 is 46.4 Å². The zero-order valence-corrected chi connectivity index (χ0v) is 23.7. The first-order valence-electron chi connectivity index (χ1n) is 12.5. The van der Waals surface area contributed by atoms with E-state index in [2.05, 4.69) is 21.8 Å². The maximum absolute atomic E-state index is 13.3. The fourth-order valence-corrected chi connectivity index (χ4v) is 5.48. The van der Waals surface area contributed by atoms with Crippen molar-refractivity contribution < 1.29 is 9.59 Å². The molecule has 0 saturated carbocycles. The van der Waals surface area contributed by atoms with Gasteiger partial charge < -0.3 is 14.8 Å². The maximum Gasteiger partial charge on any atom is 0.270 e. The van der Waals surface area contributed by atoms with E-state index in [1.165, 1.54) is 11.3 Å². The molecule has 0 fully saturated rings. The number of nitrogens with one attached hydrogen (secondary N) is 1. The van der Waals surface area contributed by atoms with Crippen molar-refractivity contribution in [3.63, 3.8) is 0 Å². The Hall–Kier alpha value is -3.13. The summed E-state index contributed by atoms with van der Waals surface area (Å²) in [5.41, 5.74) is 4.03. The monoisotopic (exact) mass is 568 g/mol. The molecule has 0 radical (unpaired) electrons. The third-order valence-corrected chi connectivity index (χ3v) is 7.64. The molecule has 0 atom stereocenters. The first-order valence-corrected chi connectivity index (χ1v) is 14.1. The Morgan fingerprint density at radius 2 is 1.92 bits per heavy atom. The minimum atomic E-state index is -0.219. The van der Waals surface area contributed by atoms with Crippen molar-refractivity contribution in [3.05, 3.63) is 109 Å². The Labute approximate surface area is 237 Å². The molecule has 9 heteroatoms. The molecule has 1 N–H and O–H groups in total. The van der Waals surface area contributed by atoms with E-state index >= 15 is 0 Å². The number of carbonyl (C=O) groups is 2. The van der Waals surface area contributed by atoms with Crippen molar-refractivity contribution in [2.24, 2.45) is 0 Å². The van der Waals surface area contributed by atoms with Gasteiger partial charge in [0.1, 0.15) is 10.7 Å². The van der Waals surface area contributed by atoms with Crippen molar-refractivity contribution in [2.45, 2.75) is 39.8 Å². The fraction of sp³-hybridized carbons (Fsp3) is 0.276. The van der Waals surface area contributed by atoms with E-state index in [1.807, 2.05) is 60.5 Å². The molecule has 0 aliphatic carbocycles. The normalized spacial score (nSPS) is 10.9. The van der Waals surface area contributed by atoms with Gasteiger partial charge in [-0.15, -0.1) is 11.3 Å². The maximum atomic E-state index is 13.3. The van der Waals surface area contributed by atoms with Crippen LogP contribution >= 0.6 is 34.5 Å². The standard InChI is InChI=1S/C29H30Cl2N4O2S/c1-3-14-35(29(37)24-9-5-4-7-20(24)2)17-23-8-6-15-34(23)18-27-33-26(19-38-27)28(36)32-13-12-21-10-11-22(30)16-25(21)31/h4-11,15-16,19H,3,12-14,17-18H2,1-2H3,(H,32,36). The second kappa shape index (κ2) is 13.1. The Morgan fingerprint density at radius 3 is 2.68 bits per heavy atom. The second-order valence-electron chi connectivity index (χ2n) is 9.04. The molecule has 6 nitrogen and oxygen atoms in total. The summed E-state index contributed by atoms with van der Waals surface area (Å²) in [6.07, 6.45) is 3.45. The number of thiazole rings is 1. The molecule has 0 aliphatic heterocycles. The molecule has 38 heavy (non-hydrogen) atoms. The Morgan fingerprint density at radius 1 is 1.11 bits per heavy atom. The van der Waals surface area contributed by atoms with Crippen LogP contribution in [0.25, 0.3) is 0 Å². The summed E-state index contributed by atoms with van der Waals surface area (Å²) in [5.74, 6) is -0.186. The van der Waals surface area contributed by atoms with Crippen LogP contribution in [0.1, 0.15) is 56.0 Å². The predicted octanol–water partition coefficient (Wildman–Crippen LogP) is 6.63. The molecule has 0 unspecified atom stereocenters. The van der Waals surface area contributed by atoms with Crippen molar-refractivity contribution in [2.75, 3.05) is 13.1 Å². The van der Waals surface area contributed by atoms with E-state index in [1.54, 1.807) is 17.5 Å². The fourth-order valence-electron chi connectivity index (χ4n) is 4.21. The highest BCUT2D eigenvalue weighted by molar-refractivity contribution is 7.09. The molecule has 198 valence electrons. The van der Waals surface area contributed by atoms with E-state index in [4.69, 9.17) is 23.2 Å². The van der Waals surface area contributed by atoms with E-state index in [9.17, 15) is 9.59 Å². The highest BCUT2D eigenvalue weighted by Gasteiger charge is 2.19. The third kappa shape index (κ3) is 7.04. The van der Waals surface area contributed by atoms with Crippen LogP contribution in [0.4, 0.5) is 0 Å². The van der Waals surface area contributed by atoms with Crippen LogP contribution in [0.5, 0.6) is 0 Å². The molecule has 2 aromatic carbocycles. The van der Waals surface area contributed by atoms with E-state index in [0.29, 0.717) is 48.3 Å². The lowest BCUT2D eigenvalue weighted by molar-refractivity contribution is 0.0738. The third-order valence-electron chi connectivity index (χ3n) is 6.22. The molecular weight excluding hydrogens is 539 g/mol. The van der Waals surface area contributed by atoms with E-state index in [-0.39, 0.29) is 11.8 Å². The van der Waals surface area contributed by atoms with Gasteiger partial charge in [-0.1, -0.05) is 54.4 Å². The SMILES string of the molecule is CCCN(Cc1cccn1Cc1nc(C(=O)NCCc2ccc(Cl)cc2Cl)cs1)C(=O)c1ccccc1C. The van der Waals surface area contributed by atoms with Crippen LogP contribution in [0, 0.1) is 6.92 Å². The summed E-state index contributed by atoms with van der Waals surface area (Å²) in [4.78, 5) is 32.4. The average molecular weight is 570 g/mol. The van der Waals surface area contributed by atoms with Crippen LogP contribution in [-0.2, 0) is 19.5 Å². The van der Waals surface area contributed by atoms with Gasteiger partial charge in [-0.25, -0.2) is 4.98 Å². The molecule has 2 aromatic heterocycles. The first kappa shape index (κ1) is 27.9. The number of hydrogen-bond acceptors (Lipinski definition) is 4. The molecule has 0 spiro atoms. The largest absolute Gasteiger partial charge is 0.350 e. The second-order valence-corrected chi connectivity index (χ2v) is 10.8. The van der Waals surface area contributed by atoms with Crippen LogP contribution in [0.15, 0.2) is 66.2 Å². The summed E-state index contributed by atoms with van der Waals surface area (Å²) in [5, 5.41) is 6.67. The van der Waals surface area contributed by atoms with Crippen LogP contribution in [0.2, 0.25) is 10.0 Å². The zero-order chi connectivity index (χ0) is 27.1. The highest BCUT2D eigenvalue weighted by atomic mass is 35.5. The highest BCUT2D eigenvalue weighted by Crippen LogP contribution is 2.21. The average Bonchev–Trinajstić information content (AvgIpc) is 3.55. The van der Waals surface area contributed by atoms with E-state index in [0.717, 1.165) is 33.8 Å². The first-order chi connectivity index (χ1) is 18.4. The molecular formula is C29H30Cl2N4O2S. The number of nitrogens with zero attached hydrogens (tertiary/aromatic N) is 3. The van der Waals surface area contributed by atoms with Crippen molar-refractivity contribution in [3.8, 4) is 0 Å². The summed E-state index contributed by atoms with van der Waals surface area (Å²) in [6, 6.07) is 17.0. The van der Waals surface area contributed by atoms with Gasteiger partial charge in [-0.3, -0.25) is 9.59 Å². The van der Waals surface area contributed by atoms with Gasteiger partial charge in [0.2, 0.25) is 0 Å². The van der Waals surface area contributed by atoms with Crippen LogP contribution in [-0.4, -0.2) is 39.4 Å². The number of halogens is 2. The molecule has 2 amide bonds. The lowest BCUT2D eigenvalue weighted by atomic mass is 10.1. The molecule has 2 heterocycles. The summed E-state index contributed by atoms with van der Waals surface area (Å²) in [6.45, 7) is 6.17. The van der Waals surface area contributed by atoms with Crippen LogP contribution in [0.3, 0.4) is 0 Å². The summed E-state index contributed by atoms with van der Waals surface area (Å²) >= 11 is 13.6. The number of hydrogen-bond donors (Lipinski definition) is 1. The minimum absolute atomic E-state index is 0.0331. The van der Waals surface area contributed by atoms with E-state index < -0.39 is 0 Å². The van der Waals surface area contributed by atoms with Crippen molar-refractivity contribution in [1.82, 2.24) is 19.8 Å². The van der Waals surface area contributed by atoms with Gasteiger partial charge in [0.15, 0.2) is 0 Å². The number of aryl methyl sites for hydroxylation is 1. The van der Waals surface area contributed by atoms with Gasteiger partial charge in [-0.05, 0) is 61.2 Å². The van der Waals surface area contributed by atoms with Gasteiger partial charge in [-0.2, -0.15) is 0 Å². The Balaban J connectivity index is 1.37. The smallest absolute Gasteiger partial charge is 0.270 e. The number of rotatable bonds is 11. The molecule has 4 rings (SSSR count). The minimum Gasteiger partial charge on any atom is -0.350 e. The molecule has 0 saturated heterocycles. The lowest BCUT2D eigenvalue weighted by Gasteiger charge is -2.24.